The number of carbonyl (C=O) groups excluding carboxylic acids is 1. The van der Waals surface area contributed by atoms with Crippen LogP contribution in [-0.4, -0.2) is 34.7 Å². The molecule has 0 spiro atoms. The van der Waals surface area contributed by atoms with Crippen LogP contribution in [-0.2, 0) is 4.79 Å². The van der Waals surface area contributed by atoms with Gasteiger partial charge in [-0.1, -0.05) is 31.0 Å². The molecule has 1 heterocycles. The number of piperidine rings is 1. The van der Waals surface area contributed by atoms with Crippen LogP contribution >= 0.6 is 24.2 Å². The molecule has 122 valence electrons. The molecule has 1 amide bonds. The number of hydrogen-bond acceptors (Lipinski definition) is 3. The Morgan fingerprint density at radius 3 is 2.32 bits per heavy atom. The molecule has 0 atom stereocenters. The number of halogens is 1. The SMILES string of the molecule is Cl.NC1CCN(C(=O)C2(Sc3ccccc3)CCCC2)CC1. The maximum Gasteiger partial charge on any atom is 0.239 e. The number of likely N-dealkylation sites (tertiary alicyclic amines) is 1. The summed E-state index contributed by atoms with van der Waals surface area (Å²) in [5.74, 6) is 0.348. The Labute approximate surface area is 143 Å². The van der Waals surface area contributed by atoms with Crippen LogP contribution in [0.3, 0.4) is 0 Å². The predicted molar refractivity (Wildman–Crippen MR) is 94.5 cm³/mol. The van der Waals surface area contributed by atoms with Gasteiger partial charge < -0.3 is 10.6 Å². The van der Waals surface area contributed by atoms with Gasteiger partial charge in [0.2, 0.25) is 5.91 Å². The molecule has 1 saturated carbocycles. The molecule has 1 aromatic carbocycles. The highest BCUT2D eigenvalue weighted by atomic mass is 35.5. The van der Waals surface area contributed by atoms with Crippen molar-refractivity contribution in [2.75, 3.05) is 13.1 Å². The van der Waals surface area contributed by atoms with Crippen molar-refractivity contribution in [2.45, 2.75) is 54.2 Å². The minimum absolute atomic E-state index is 0. The van der Waals surface area contributed by atoms with Gasteiger partial charge in [-0.3, -0.25) is 4.79 Å². The highest BCUT2D eigenvalue weighted by Crippen LogP contribution is 2.46. The van der Waals surface area contributed by atoms with Crippen molar-refractivity contribution in [3.8, 4) is 0 Å². The summed E-state index contributed by atoms with van der Waals surface area (Å²) in [6.07, 6.45) is 6.23. The number of benzene rings is 1. The molecule has 3 nitrogen and oxygen atoms in total. The first-order valence-corrected chi connectivity index (χ1v) is 8.80. The van der Waals surface area contributed by atoms with E-state index >= 15 is 0 Å². The minimum atomic E-state index is -0.233. The molecule has 1 saturated heterocycles. The molecule has 2 fully saturated rings. The molecule has 5 heteroatoms. The van der Waals surface area contributed by atoms with E-state index in [1.165, 1.54) is 17.7 Å². The lowest BCUT2D eigenvalue weighted by atomic mass is 10.0. The average molecular weight is 341 g/mol. The first-order valence-electron chi connectivity index (χ1n) is 7.99. The largest absolute Gasteiger partial charge is 0.341 e. The lowest BCUT2D eigenvalue weighted by Gasteiger charge is -2.37. The van der Waals surface area contributed by atoms with E-state index in [-0.39, 0.29) is 23.2 Å². The number of nitrogens with two attached hydrogens (primary N) is 1. The summed E-state index contributed by atoms with van der Waals surface area (Å²) in [5, 5.41) is 0. The molecular weight excluding hydrogens is 316 g/mol. The Balaban J connectivity index is 0.00000176. The molecule has 0 bridgehead atoms. The minimum Gasteiger partial charge on any atom is -0.341 e. The van der Waals surface area contributed by atoms with Crippen LogP contribution in [0.4, 0.5) is 0 Å². The summed E-state index contributed by atoms with van der Waals surface area (Å²) in [4.78, 5) is 16.4. The molecule has 2 N–H and O–H groups in total. The summed E-state index contributed by atoms with van der Waals surface area (Å²) in [6.45, 7) is 1.66. The fraction of sp³-hybridized carbons (Fsp3) is 0.588. The maximum absolute atomic E-state index is 13.1. The molecule has 0 radical (unpaired) electrons. The third-order valence-electron chi connectivity index (χ3n) is 4.68. The van der Waals surface area contributed by atoms with Gasteiger partial charge in [0.25, 0.3) is 0 Å². The van der Waals surface area contributed by atoms with Crippen molar-refractivity contribution in [1.82, 2.24) is 4.90 Å². The summed E-state index contributed by atoms with van der Waals surface area (Å²) in [7, 11) is 0. The van der Waals surface area contributed by atoms with Crippen LogP contribution in [0.25, 0.3) is 0 Å². The van der Waals surface area contributed by atoms with Crippen molar-refractivity contribution in [3.63, 3.8) is 0 Å². The first-order chi connectivity index (χ1) is 10.2. The van der Waals surface area contributed by atoms with Gasteiger partial charge in [0.05, 0.1) is 4.75 Å². The van der Waals surface area contributed by atoms with Gasteiger partial charge >= 0.3 is 0 Å². The second-order valence-corrected chi connectivity index (χ2v) is 7.70. The zero-order valence-corrected chi connectivity index (χ0v) is 14.5. The average Bonchev–Trinajstić information content (AvgIpc) is 2.98. The zero-order chi connectivity index (χ0) is 14.7. The predicted octanol–water partition coefficient (Wildman–Crippen LogP) is 3.46. The smallest absolute Gasteiger partial charge is 0.239 e. The van der Waals surface area contributed by atoms with E-state index in [9.17, 15) is 4.79 Å². The van der Waals surface area contributed by atoms with Crippen molar-refractivity contribution in [1.29, 1.82) is 0 Å². The molecule has 1 aromatic rings. The Hall–Kier alpha value is -0.710. The maximum atomic E-state index is 13.1. The fourth-order valence-corrected chi connectivity index (χ4v) is 4.86. The molecule has 2 aliphatic rings. The Bertz CT molecular complexity index is 483. The number of amides is 1. The van der Waals surface area contributed by atoms with Crippen LogP contribution in [0.15, 0.2) is 35.2 Å². The van der Waals surface area contributed by atoms with Gasteiger partial charge in [-0.05, 0) is 37.8 Å². The highest BCUT2D eigenvalue weighted by molar-refractivity contribution is 8.01. The van der Waals surface area contributed by atoms with Gasteiger partial charge in [-0.2, -0.15) is 0 Å². The summed E-state index contributed by atoms with van der Waals surface area (Å²) in [5.41, 5.74) is 5.96. The third kappa shape index (κ3) is 3.79. The van der Waals surface area contributed by atoms with E-state index in [0.29, 0.717) is 5.91 Å². The molecule has 3 rings (SSSR count). The van der Waals surface area contributed by atoms with Crippen LogP contribution in [0.2, 0.25) is 0 Å². The van der Waals surface area contributed by atoms with Crippen LogP contribution in [0, 0.1) is 0 Å². The lowest BCUT2D eigenvalue weighted by molar-refractivity contribution is -0.134. The fourth-order valence-electron chi connectivity index (χ4n) is 3.41. The number of thioether (sulfide) groups is 1. The number of rotatable bonds is 3. The topological polar surface area (TPSA) is 46.3 Å². The molecule has 22 heavy (non-hydrogen) atoms. The second kappa shape index (κ2) is 7.71. The number of carbonyl (C=O) groups is 1. The second-order valence-electron chi connectivity index (χ2n) is 6.25. The van der Waals surface area contributed by atoms with E-state index < -0.39 is 0 Å². The summed E-state index contributed by atoms with van der Waals surface area (Å²) >= 11 is 1.78. The Kier molecular flexibility index (Phi) is 6.18. The Morgan fingerprint density at radius 1 is 1.14 bits per heavy atom. The molecule has 1 aliphatic carbocycles. The zero-order valence-electron chi connectivity index (χ0n) is 12.9. The van der Waals surface area contributed by atoms with E-state index in [2.05, 4.69) is 29.2 Å². The Morgan fingerprint density at radius 2 is 1.73 bits per heavy atom. The van der Waals surface area contributed by atoms with E-state index in [1.807, 2.05) is 6.07 Å². The van der Waals surface area contributed by atoms with Gasteiger partial charge in [0.15, 0.2) is 0 Å². The van der Waals surface area contributed by atoms with Crippen molar-refractivity contribution < 1.29 is 4.79 Å². The summed E-state index contributed by atoms with van der Waals surface area (Å²) < 4.78 is -0.233. The molecule has 0 unspecified atom stereocenters. The molecular formula is C17H25ClN2OS. The quantitative estimate of drug-likeness (QED) is 0.916. The van der Waals surface area contributed by atoms with Gasteiger partial charge in [0, 0.05) is 24.0 Å². The van der Waals surface area contributed by atoms with Crippen LogP contribution < -0.4 is 5.73 Å². The molecule has 0 aromatic heterocycles. The van der Waals surface area contributed by atoms with Crippen LogP contribution in [0.5, 0.6) is 0 Å². The summed E-state index contributed by atoms with van der Waals surface area (Å²) in [6, 6.07) is 10.6. The van der Waals surface area contributed by atoms with Gasteiger partial charge in [-0.25, -0.2) is 0 Å². The van der Waals surface area contributed by atoms with Crippen molar-refractivity contribution >= 4 is 30.1 Å². The highest BCUT2D eigenvalue weighted by Gasteiger charge is 2.44. The van der Waals surface area contributed by atoms with Gasteiger partial charge in [0.1, 0.15) is 0 Å². The van der Waals surface area contributed by atoms with Crippen LogP contribution in [0.1, 0.15) is 38.5 Å². The number of nitrogens with zero attached hydrogens (tertiary/aromatic N) is 1. The number of hydrogen-bond donors (Lipinski definition) is 1. The van der Waals surface area contributed by atoms with Crippen molar-refractivity contribution in [3.05, 3.63) is 30.3 Å². The monoisotopic (exact) mass is 340 g/mol. The van der Waals surface area contributed by atoms with Gasteiger partial charge in [-0.15, -0.1) is 24.2 Å². The standard InChI is InChI=1S/C17H24N2OS.ClH/c18-14-8-12-19(13-9-14)16(20)17(10-4-5-11-17)21-15-6-2-1-3-7-15;/h1-3,6-7,14H,4-5,8-13,18H2;1H. The van der Waals surface area contributed by atoms with E-state index in [1.54, 1.807) is 11.8 Å². The lowest BCUT2D eigenvalue weighted by Crippen LogP contribution is -2.50. The van der Waals surface area contributed by atoms with Crippen molar-refractivity contribution in [2.24, 2.45) is 5.73 Å². The normalized spacial score (nSPS) is 21.4. The molecule has 1 aliphatic heterocycles. The van der Waals surface area contributed by atoms with E-state index in [4.69, 9.17) is 5.73 Å². The van der Waals surface area contributed by atoms with E-state index in [0.717, 1.165) is 38.8 Å². The first kappa shape index (κ1) is 17.6. The third-order valence-corrected chi connectivity index (χ3v) is 6.17.